The summed E-state index contributed by atoms with van der Waals surface area (Å²) in [6.45, 7) is -2.04. The Morgan fingerprint density at radius 1 is 0.535 bits per heavy atom. The lowest BCUT2D eigenvalue weighted by Crippen LogP contribution is -2.16. The van der Waals surface area contributed by atoms with Crippen molar-refractivity contribution in [1.29, 1.82) is 0 Å². The minimum absolute atomic E-state index is 0.0255. The van der Waals surface area contributed by atoms with E-state index in [1.54, 1.807) is 0 Å². The Bertz CT molecular complexity index is 3350. The van der Waals surface area contributed by atoms with Crippen molar-refractivity contribution in [3.8, 4) is 0 Å². The van der Waals surface area contributed by atoms with E-state index < -0.39 is 139 Å². The maximum absolute atomic E-state index is 12.9. The predicted octanol–water partition coefficient (Wildman–Crippen LogP) is 5.19. The third-order valence-corrected chi connectivity index (χ3v) is 16.4. The molecule has 0 spiro atoms. The highest BCUT2D eigenvalue weighted by Gasteiger charge is 2.26. The van der Waals surface area contributed by atoms with Gasteiger partial charge in [0.2, 0.25) is 0 Å². The average Bonchev–Trinajstić information content (AvgIpc) is 3.28. The molecule has 4 rings (SSSR count). The zero-order chi connectivity index (χ0) is 52.8. The third-order valence-electron chi connectivity index (χ3n) is 8.34. The van der Waals surface area contributed by atoms with Gasteiger partial charge in [-0.05, 0) is 66.7 Å². The Kier molecular flexibility index (Phi) is 20.9. The number of anilines is 2. The van der Waals surface area contributed by atoms with Crippen LogP contribution in [0.2, 0.25) is 0 Å². The minimum Gasteiger partial charge on any atom is -0.395 e. The van der Waals surface area contributed by atoms with E-state index in [9.17, 15) is 59.6 Å². The molecular weight excluding hydrogens is 1120 g/mol. The number of sulfone groups is 3. The summed E-state index contributed by atoms with van der Waals surface area (Å²) in [6, 6.07) is 10.2. The van der Waals surface area contributed by atoms with Gasteiger partial charge < -0.3 is 11.1 Å². The van der Waals surface area contributed by atoms with Gasteiger partial charge in [-0.25, -0.2) is 40.0 Å². The van der Waals surface area contributed by atoms with E-state index in [1.807, 2.05) is 0 Å². The summed E-state index contributed by atoms with van der Waals surface area (Å²) in [5.74, 6) is -2.40. The first-order chi connectivity index (χ1) is 33.1. The predicted molar refractivity (Wildman–Crippen MR) is 242 cm³/mol. The number of nitrogen functional groups attached to an aromatic ring is 1. The number of benzene rings is 4. The lowest BCUT2D eigenvalue weighted by Gasteiger charge is -2.13. The largest absolute Gasteiger partial charge is 0.397 e. The number of rotatable bonds is 28. The van der Waals surface area contributed by atoms with E-state index in [0.717, 1.165) is 30.3 Å². The van der Waals surface area contributed by atoms with E-state index in [0.29, 0.717) is 12.1 Å². The standard InChI is InChI=1S/C31H34N8O24S8/c1-33-30-26(38-34-19-2-4-20(5-3-19)66(42,43)13-10-57-64-62-60-40)18-25(37-35-23-8-6-21(16-27(23)69(48,49)50)67(44,45)14-11-58-65-63-61-41)29(32)31(30)39-36-24-9-7-22(17-28(24)70(51,52)53)68(46,47)15-12-59-71(54,55)56/h2-9,16-18,33,40-41H,10-15,32H2,1H3,(H,48,49,50)(H,51,52,53)(H,54,55,56). The fourth-order valence-corrected chi connectivity index (χ4v) is 11.0. The van der Waals surface area contributed by atoms with Crippen molar-refractivity contribution >= 4 is 130 Å². The first-order valence-electron chi connectivity index (χ1n) is 18.2. The van der Waals surface area contributed by atoms with Crippen LogP contribution in [-0.4, -0.2) is 119 Å². The fraction of sp³-hybridized carbons (Fsp3) is 0.226. The summed E-state index contributed by atoms with van der Waals surface area (Å²) in [4.78, 5) is -3.83. The van der Waals surface area contributed by atoms with Crippen LogP contribution in [0.1, 0.15) is 0 Å². The van der Waals surface area contributed by atoms with Crippen LogP contribution in [0.4, 0.5) is 45.5 Å². The van der Waals surface area contributed by atoms with Crippen LogP contribution in [0.5, 0.6) is 0 Å². The molecule has 0 aliphatic carbocycles. The molecule has 0 fully saturated rings. The topological polar surface area (TPSA) is 483 Å². The van der Waals surface area contributed by atoms with E-state index >= 15 is 0 Å². The van der Waals surface area contributed by atoms with Crippen molar-refractivity contribution in [2.75, 3.05) is 55.2 Å². The number of nitrogens with two attached hydrogens (primary N) is 1. The van der Waals surface area contributed by atoms with Crippen molar-refractivity contribution < 1.29 is 106 Å². The number of hydrogen-bond acceptors (Lipinski definition) is 31. The highest BCUT2D eigenvalue weighted by Crippen LogP contribution is 2.47. The van der Waals surface area contributed by atoms with Gasteiger partial charge in [0.1, 0.15) is 38.2 Å². The fourth-order valence-electron chi connectivity index (χ4n) is 5.19. The van der Waals surface area contributed by atoms with Gasteiger partial charge in [0.25, 0.3) is 20.2 Å². The average molecular weight is 1160 g/mol. The maximum Gasteiger partial charge on any atom is 0.397 e. The Morgan fingerprint density at radius 2 is 0.958 bits per heavy atom. The maximum atomic E-state index is 12.9. The Labute approximate surface area is 411 Å². The summed E-state index contributed by atoms with van der Waals surface area (Å²) >= 11 is 0.238. The van der Waals surface area contributed by atoms with Crippen molar-refractivity contribution in [3.63, 3.8) is 0 Å². The van der Waals surface area contributed by atoms with Crippen LogP contribution in [0.15, 0.2) is 122 Å². The molecule has 0 bridgehead atoms. The van der Waals surface area contributed by atoms with Crippen molar-refractivity contribution in [2.45, 2.75) is 24.5 Å². The zero-order valence-electron chi connectivity index (χ0n) is 35.1. The normalized spacial score (nSPS) is 13.2. The molecule has 0 aliphatic rings. The number of nitrogens with zero attached hydrogens (tertiary/aromatic N) is 6. The summed E-state index contributed by atoms with van der Waals surface area (Å²) in [7, 11) is -27.2. The van der Waals surface area contributed by atoms with Gasteiger partial charge in [-0.1, -0.05) is 10.1 Å². The van der Waals surface area contributed by atoms with Gasteiger partial charge in [0.05, 0.1) is 68.8 Å². The molecule has 40 heteroatoms. The van der Waals surface area contributed by atoms with Crippen molar-refractivity contribution in [1.82, 2.24) is 0 Å². The zero-order valence-corrected chi connectivity index (χ0v) is 41.6. The molecule has 0 unspecified atom stereocenters. The Morgan fingerprint density at radius 3 is 1.41 bits per heavy atom. The van der Waals surface area contributed by atoms with Crippen LogP contribution < -0.4 is 11.1 Å². The van der Waals surface area contributed by atoms with Gasteiger partial charge >= 0.3 is 10.4 Å². The molecule has 0 amide bonds. The molecule has 32 nitrogen and oxygen atoms in total. The van der Waals surface area contributed by atoms with Crippen LogP contribution in [0, 0.1) is 0 Å². The number of hydrogen-bond donors (Lipinski definition) is 7. The number of nitrogens with one attached hydrogen (secondary N) is 1. The molecular formula is C31H34N8O24S8. The van der Waals surface area contributed by atoms with Crippen molar-refractivity contribution in [2.24, 2.45) is 30.7 Å². The van der Waals surface area contributed by atoms with Crippen molar-refractivity contribution in [3.05, 3.63) is 66.7 Å². The third kappa shape index (κ3) is 17.4. The first-order valence-corrected chi connectivity index (χ1v) is 28.7. The van der Waals surface area contributed by atoms with E-state index in [1.165, 1.54) is 31.3 Å². The molecule has 390 valence electrons. The van der Waals surface area contributed by atoms with Crippen LogP contribution in [-0.2, 0) is 91.4 Å². The molecule has 0 heterocycles. The van der Waals surface area contributed by atoms with Gasteiger partial charge in [-0.2, -0.15) is 30.4 Å². The Balaban J connectivity index is 1.86. The molecule has 0 atom stereocenters. The van der Waals surface area contributed by atoms with Gasteiger partial charge in [-0.15, -0.1) is 34.2 Å². The first kappa shape index (κ1) is 58.8. The van der Waals surface area contributed by atoms with E-state index in [4.69, 9.17) is 29.2 Å². The quantitative estimate of drug-likeness (QED) is 0.00731. The molecule has 0 aromatic heterocycles. The van der Waals surface area contributed by atoms with Gasteiger partial charge in [0, 0.05) is 7.05 Å². The monoisotopic (exact) mass is 1160 g/mol. The van der Waals surface area contributed by atoms with E-state index in [2.05, 4.69) is 58.9 Å². The van der Waals surface area contributed by atoms with Crippen LogP contribution >= 0.6 is 24.6 Å². The molecule has 71 heavy (non-hydrogen) atoms. The molecule has 4 aromatic rings. The highest BCUT2D eigenvalue weighted by molar-refractivity contribution is 7.92. The van der Waals surface area contributed by atoms with Gasteiger partial charge in [0.15, 0.2) is 54.2 Å². The molecule has 0 aliphatic heterocycles. The molecule has 0 radical (unpaired) electrons. The second-order valence-electron chi connectivity index (χ2n) is 12.9. The summed E-state index contributed by atoms with van der Waals surface area (Å²) in [5, 5.41) is 49.4. The van der Waals surface area contributed by atoms with E-state index in [-0.39, 0.29) is 53.2 Å². The Hall–Kier alpha value is -4.80. The minimum atomic E-state index is -5.34. The number of azo groups is 3. The molecule has 0 saturated heterocycles. The SMILES string of the molecule is CNc1c(N=Nc2ccc(S(=O)(=O)CCOSOOO)cc2)cc(N=Nc2ccc(S(=O)(=O)CCOSOOO)cc2S(=O)(=O)O)c(N)c1N=Nc1ccc(S(=O)(=O)CCOS(=O)(=O)O)cc1S(=O)(=O)O. The molecule has 4 aromatic carbocycles. The lowest BCUT2D eigenvalue weighted by molar-refractivity contribution is -0.434. The second kappa shape index (κ2) is 25.2. The van der Waals surface area contributed by atoms with Gasteiger partial charge in [-0.3, -0.25) is 22.0 Å². The van der Waals surface area contributed by atoms with Crippen LogP contribution in [0.25, 0.3) is 0 Å². The second-order valence-corrected chi connectivity index (χ2v) is 24.1. The summed E-state index contributed by atoms with van der Waals surface area (Å²) < 4.78 is 199. The lowest BCUT2D eigenvalue weighted by atomic mass is 10.1. The molecule has 0 saturated carbocycles. The molecule has 8 N–H and O–H groups in total. The smallest absolute Gasteiger partial charge is 0.395 e. The summed E-state index contributed by atoms with van der Waals surface area (Å²) in [6.07, 6.45) is 0. The summed E-state index contributed by atoms with van der Waals surface area (Å²) in [5.41, 5.74) is 3.22. The van der Waals surface area contributed by atoms with Crippen LogP contribution in [0.3, 0.4) is 0 Å². The highest BCUT2D eigenvalue weighted by atomic mass is 32.3.